The Hall–Kier alpha value is -1.87. The summed E-state index contributed by atoms with van der Waals surface area (Å²) in [5, 5.41) is 1.97. The summed E-state index contributed by atoms with van der Waals surface area (Å²) in [4.78, 5) is 11.7. The van der Waals surface area contributed by atoms with Crippen molar-refractivity contribution in [1.82, 2.24) is 4.57 Å². The Bertz CT molecular complexity index is 737. The average Bonchev–Trinajstić information content (AvgIpc) is 2.86. The Morgan fingerprint density at radius 1 is 1.11 bits per heavy atom. The summed E-state index contributed by atoms with van der Waals surface area (Å²) in [7, 11) is 0. The molecule has 0 saturated carbocycles. The Balaban J connectivity index is 2.05. The Kier molecular flexibility index (Phi) is 2.76. The maximum Gasteiger partial charge on any atom is 0.199 e. The Labute approximate surface area is 109 Å². The first kappa shape index (κ1) is 11.2. The van der Waals surface area contributed by atoms with Crippen LogP contribution in [0.2, 0.25) is 0 Å². The van der Waals surface area contributed by atoms with E-state index in [0.29, 0.717) is 0 Å². The van der Waals surface area contributed by atoms with E-state index in [1.807, 2.05) is 17.6 Å². The molecule has 0 bridgehead atoms. The summed E-state index contributed by atoms with van der Waals surface area (Å²) >= 11 is 1.51. The van der Waals surface area contributed by atoms with Crippen LogP contribution < -0.4 is 5.43 Å². The molecule has 0 unspecified atom stereocenters. The van der Waals surface area contributed by atoms with Gasteiger partial charge in [0.15, 0.2) is 5.43 Å². The summed E-state index contributed by atoms with van der Waals surface area (Å²) in [5.41, 5.74) is 3.64. The quantitative estimate of drug-likeness (QED) is 0.687. The highest BCUT2D eigenvalue weighted by molar-refractivity contribution is 7.17. The highest BCUT2D eigenvalue weighted by atomic mass is 32.1. The van der Waals surface area contributed by atoms with Crippen LogP contribution in [-0.4, -0.2) is 4.57 Å². The van der Waals surface area contributed by atoms with Crippen molar-refractivity contribution in [2.24, 2.45) is 0 Å². The van der Waals surface area contributed by atoms with Crippen LogP contribution in [0.1, 0.15) is 11.1 Å². The van der Waals surface area contributed by atoms with Gasteiger partial charge in [-0.05, 0) is 23.9 Å². The number of benzene rings is 1. The molecule has 2 aromatic heterocycles. The van der Waals surface area contributed by atoms with Gasteiger partial charge in [0.1, 0.15) is 0 Å². The zero-order chi connectivity index (χ0) is 12.5. The smallest absolute Gasteiger partial charge is 0.199 e. The van der Waals surface area contributed by atoms with Crippen LogP contribution >= 0.6 is 11.3 Å². The van der Waals surface area contributed by atoms with Crippen molar-refractivity contribution < 1.29 is 0 Å². The molecule has 1 aromatic carbocycles. The molecule has 0 N–H and O–H groups in total. The van der Waals surface area contributed by atoms with E-state index in [4.69, 9.17) is 0 Å². The monoisotopic (exact) mass is 255 g/mol. The second kappa shape index (κ2) is 4.42. The largest absolute Gasteiger partial charge is 0.342 e. The number of aryl methyl sites for hydroxylation is 1. The van der Waals surface area contributed by atoms with Crippen molar-refractivity contribution in [1.29, 1.82) is 0 Å². The number of nitrogens with zero attached hydrogens (tertiary/aromatic N) is 1. The van der Waals surface area contributed by atoms with E-state index >= 15 is 0 Å². The van der Waals surface area contributed by atoms with Crippen molar-refractivity contribution in [3.8, 4) is 0 Å². The zero-order valence-electron chi connectivity index (χ0n) is 10.1. The van der Waals surface area contributed by atoms with Crippen LogP contribution in [0.4, 0.5) is 0 Å². The second-order valence-electron chi connectivity index (χ2n) is 4.43. The third-order valence-corrected chi connectivity index (χ3v) is 3.98. The summed E-state index contributed by atoms with van der Waals surface area (Å²) in [5.74, 6) is 0. The normalized spacial score (nSPS) is 10.9. The van der Waals surface area contributed by atoms with Crippen LogP contribution in [0.5, 0.6) is 0 Å². The predicted molar refractivity (Wildman–Crippen MR) is 76.4 cm³/mol. The molecule has 0 aliphatic carbocycles. The van der Waals surface area contributed by atoms with E-state index in [2.05, 4.69) is 35.8 Å². The number of thiophene rings is 1. The fourth-order valence-corrected chi connectivity index (χ4v) is 2.88. The van der Waals surface area contributed by atoms with Crippen molar-refractivity contribution >= 4 is 21.6 Å². The van der Waals surface area contributed by atoms with Gasteiger partial charge >= 0.3 is 0 Å². The van der Waals surface area contributed by atoms with Crippen molar-refractivity contribution in [2.45, 2.75) is 13.5 Å². The van der Waals surface area contributed by atoms with Gasteiger partial charge in [0.05, 0.1) is 10.2 Å². The van der Waals surface area contributed by atoms with Crippen LogP contribution in [-0.2, 0) is 6.54 Å². The molecular weight excluding hydrogens is 242 g/mol. The molecule has 3 aromatic rings. The number of hydrogen-bond acceptors (Lipinski definition) is 2. The van der Waals surface area contributed by atoms with Gasteiger partial charge in [-0.3, -0.25) is 4.79 Å². The lowest BCUT2D eigenvalue weighted by Gasteiger charge is -2.08. The van der Waals surface area contributed by atoms with E-state index in [-0.39, 0.29) is 5.43 Å². The van der Waals surface area contributed by atoms with E-state index in [1.165, 1.54) is 22.5 Å². The minimum Gasteiger partial charge on any atom is -0.342 e. The summed E-state index contributed by atoms with van der Waals surface area (Å²) in [6.07, 6.45) is 1.87. The van der Waals surface area contributed by atoms with Gasteiger partial charge < -0.3 is 4.57 Å². The second-order valence-corrected chi connectivity index (χ2v) is 5.34. The first-order chi connectivity index (χ1) is 8.74. The zero-order valence-corrected chi connectivity index (χ0v) is 10.9. The Morgan fingerprint density at radius 2 is 1.89 bits per heavy atom. The van der Waals surface area contributed by atoms with Gasteiger partial charge in [0.2, 0.25) is 0 Å². The van der Waals surface area contributed by atoms with Crippen molar-refractivity contribution in [3.63, 3.8) is 0 Å². The fraction of sp³-hybridized carbons (Fsp3) is 0.133. The minimum absolute atomic E-state index is 0.111. The highest BCUT2D eigenvalue weighted by Crippen LogP contribution is 2.17. The molecular formula is C15H13NOS. The molecule has 0 aliphatic rings. The molecule has 0 amide bonds. The molecule has 18 heavy (non-hydrogen) atoms. The van der Waals surface area contributed by atoms with Crippen molar-refractivity contribution in [3.05, 3.63) is 69.3 Å². The molecule has 0 saturated heterocycles. The van der Waals surface area contributed by atoms with E-state index in [1.54, 1.807) is 6.07 Å². The van der Waals surface area contributed by atoms with Gasteiger partial charge in [0, 0.05) is 18.8 Å². The summed E-state index contributed by atoms with van der Waals surface area (Å²) in [6.45, 7) is 2.88. The SMILES string of the molecule is Cc1ccc(Cn2ccc(=O)c3sccc32)cc1. The van der Waals surface area contributed by atoms with Crippen LogP contribution in [0.25, 0.3) is 10.2 Å². The molecule has 0 aliphatic heterocycles. The Morgan fingerprint density at radius 3 is 2.67 bits per heavy atom. The summed E-state index contributed by atoms with van der Waals surface area (Å²) < 4.78 is 2.96. The molecule has 0 spiro atoms. The maximum atomic E-state index is 11.7. The van der Waals surface area contributed by atoms with Crippen LogP contribution in [0.15, 0.2) is 52.8 Å². The van der Waals surface area contributed by atoms with E-state index in [0.717, 1.165) is 16.8 Å². The van der Waals surface area contributed by atoms with Crippen molar-refractivity contribution in [2.75, 3.05) is 0 Å². The molecule has 90 valence electrons. The molecule has 0 atom stereocenters. The molecule has 2 nitrogen and oxygen atoms in total. The lowest BCUT2D eigenvalue weighted by Crippen LogP contribution is -2.06. The lowest BCUT2D eigenvalue weighted by molar-refractivity contribution is 0.827. The maximum absolute atomic E-state index is 11.7. The topological polar surface area (TPSA) is 22.0 Å². The number of pyridine rings is 1. The predicted octanol–water partition coefficient (Wildman–Crippen LogP) is 3.42. The number of rotatable bonds is 2. The molecule has 2 heterocycles. The molecule has 3 heteroatoms. The van der Waals surface area contributed by atoms with Crippen LogP contribution in [0.3, 0.4) is 0 Å². The third kappa shape index (κ3) is 1.97. The standard InChI is InChI=1S/C15H13NOS/c1-11-2-4-12(5-3-11)10-16-8-6-14(17)15-13(16)7-9-18-15/h2-9H,10H2,1H3. The number of fused-ring (bicyclic) bond motifs is 1. The molecule has 3 rings (SSSR count). The highest BCUT2D eigenvalue weighted by Gasteiger charge is 2.04. The van der Waals surface area contributed by atoms with E-state index in [9.17, 15) is 4.79 Å². The number of aromatic nitrogens is 1. The first-order valence-electron chi connectivity index (χ1n) is 5.86. The van der Waals surface area contributed by atoms with Gasteiger partial charge in [-0.2, -0.15) is 0 Å². The number of hydrogen-bond donors (Lipinski definition) is 0. The average molecular weight is 255 g/mol. The first-order valence-corrected chi connectivity index (χ1v) is 6.74. The van der Waals surface area contributed by atoms with Gasteiger partial charge in [-0.15, -0.1) is 11.3 Å². The summed E-state index contributed by atoms with van der Waals surface area (Å²) in [6, 6.07) is 12.1. The fourth-order valence-electron chi connectivity index (χ4n) is 2.05. The minimum atomic E-state index is 0.111. The molecule has 0 radical (unpaired) electrons. The third-order valence-electron chi connectivity index (χ3n) is 3.06. The van der Waals surface area contributed by atoms with Gasteiger partial charge in [-0.1, -0.05) is 29.8 Å². The molecule has 0 fully saturated rings. The van der Waals surface area contributed by atoms with Gasteiger partial charge in [0.25, 0.3) is 0 Å². The van der Waals surface area contributed by atoms with E-state index < -0.39 is 0 Å². The van der Waals surface area contributed by atoms with Crippen LogP contribution in [0, 0.1) is 6.92 Å². The van der Waals surface area contributed by atoms with Gasteiger partial charge in [-0.25, -0.2) is 0 Å². The lowest BCUT2D eigenvalue weighted by atomic mass is 10.1.